The fraction of sp³-hybridized carbons (Fsp3) is 0.267. The number of aromatic nitrogens is 4. The van der Waals surface area contributed by atoms with E-state index in [1.54, 1.807) is 29.4 Å². The van der Waals surface area contributed by atoms with Gasteiger partial charge in [-0.2, -0.15) is 9.90 Å². The van der Waals surface area contributed by atoms with Crippen molar-refractivity contribution in [2.45, 2.75) is 19.9 Å². The average molecular weight is 300 g/mol. The highest BCUT2D eigenvalue weighted by Crippen LogP contribution is 2.31. The molecule has 3 aromatic rings. The van der Waals surface area contributed by atoms with E-state index in [9.17, 15) is 0 Å². The van der Waals surface area contributed by atoms with Crippen LogP contribution in [0.25, 0.3) is 22.0 Å². The van der Waals surface area contributed by atoms with E-state index in [1.807, 2.05) is 29.6 Å². The third-order valence-electron chi connectivity index (χ3n) is 3.09. The van der Waals surface area contributed by atoms with Crippen LogP contribution in [0.2, 0.25) is 0 Å². The number of hydrogen-bond acceptors (Lipinski definition) is 5. The minimum absolute atomic E-state index is 0.204. The summed E-state index contributed by atoms with van der Waals surface area (Å²) in [5.41, 5.74) is 2.68. The van der Waals surface area contributed by atoms with Crippen molar-refractivity contribution < 1.29 is 4.74 Å². The Labute approximate surface area is 127 Å². The summed E-state index contributed by atoms with van der Waals surface area (Å²) in [6, 6.07) is 8.04. The summed E-state index contributed by atoms with van der Waals surface area (Å²) in [5, 5.41) is 12.0. The Bertz CT molecular complexity index is 717. The molecule has 0 aliphatic heterocycles. The third-order valence-corrected chi connectivity index (χ3v) is 3.87. The summed E-state index contributed by atoms with van der Waals surface area (Å²) < 4.78 is 5.20. The highest BCUT2D eigenvalue weighted by Gasteiger charge is 2.18. The normalized spacial score (nSPS) is 11.0. The molecule has 0 aliphatic rings. The van der Waals surface area contributed by atoms with Gasteiger partial charge in [0.1, 0.15) is 22.1 Å². The minimum atomic E-state index is 0.204. The molecule has 1 aromatic carbocycles. The average Bonchev–Trinajstić information content (AvgIpc) is 3.16. The second kappa shape index (κ2) is 5.65. The van der Waals surface area contributed by atoms with Gasteiger partial charge in [0, 0.05) is 17.1 Å². The summed E-state index contributed by atoms with van der Waals surface area (Å²) in [6.45, 7) is 4.12. The monoisotopic (exact) mass is 300 g/mol. The molecule has 0 bridgehead atoms. The molecule has 0 amide bonds. The molecular weight excluding hydrogens is 284 g/mol. The van der Waals surface area contributed by atoms with Crippen molar-refractivity contribution in [3.8, 4) is 27.7 Å². The van der Waals surface area contributed by atoms with Gasteiger partial charge in [-0.1, -0.05) is 0 Å². The van der Waals surface area contributed by atoms with Crippen molar-refractivity contribution in [1.29, 1.82) is 0 Å². The first-order chi connectivity index (χ1) is 10.2. The quantitative estimate of drug-likeness (QED) is 0.738. The first-order valence-electron chi connectivity index (χ1n) is 6.70. The van der Waals surface area contributed by atoms with Crippen LogP contribution in [0, 0.1) is 0 Å². The largest absolute Gasteiger partial charge is 0.497 e. The van der Waals surface area contributed by atoms with Gasteiger partial charge in [0.15, 0.2) is 0 Å². The number of benzene rings is 1. The van der Waals surface area contributed by atoms with Gasteiger partial charge in [-0.3, -0.25) is 0 Å². The number of ether oxygens (including phenoxy) is 1. The Hall–Kier alpha value is -2.21. The Balaban J connectivity index is 2.11. The highest BCUT2D eigenvalue weighted by molar-refractivity contribution is 7.13. The van der Waals surface area contributed by atoms with E-state index in [1.165, 1.54) is 0 Å². The van der Waals surface area contributed by atoms with Crippen molar-refractivity contribution in [2.75, 3.05) is 7.11 Å². The van der Waals surface area contributed by atoms with Crippen LogP contribution >= 0.6 is 11.3 Å². The lowest BCUT2D eigenvalue weighted by Gasteiger charge is -2.02. The second-order valence-electron chi connectivity index (χ2n) is 4.88. The molecule has 0 aliphatic carbocycles. The summed E-state index contributed by atoms with van der Waals surface area (Å²) >= 11 is 1.57. The minimum Gasteiger partial charge on any atom is -0.497 e. The van der Waals surface area contributed by atoms with Crippen LogP contribution in [0.1, 0.15) is 19.9 Å². The molecule has 0 spiro atoms. The number of rotatable bonds is 4. The van der Waals surface area contributed by atoms with Crippen molar-refractivity contribution in [3.63, 3.8) is 0 Å². The predicted molar refractivity (Wildman–Crippen MR) is 83.5 cm³/mol. The van der Waals surface area contributed by atoms with E-state index in [4.69, 9.17) is 4.74 Å². The lowest BCUT2D eigenvalue weighted by atomic mass is 10.1. The zero-order valence-corrected chi connectivity index (χ0v) is 13.0. The molecule has 0 atom stereocenters. The summed E-state index contributed by atoms with van der Waals surface area (Å²) in [7, 11) is 1.66. The lowest BCUT2D eigenvalue weighted by molar-refractivity contribution is 0.415. The zero-order valence-electron chi connectivity index (χ0n) is 12.1. The summed E-state index contributed by atoms with van der Waals surface area (Å²) in [5.74, 6) is 0.825. The molecule has 0 N–H and O–H groups in total. The molecule has 2 aromatic heterocycles. The van der Waals surface area contributed by atoms with Crippen LogP contribution in [-0.2, 0) is 0 Å². The van der Waals surface area contributed by atoms with Gasteiger partial charge in [0.2, 0.25) is 0 Å². The van der Waals surface area contributed by atoms with Crippen LogP contribution < -0.4 is 4.74 Å². The molecule has 21 heavy (non-hydrogen) atoms. The Morgan fingerprint density at radius 1 is 1.10 bits per heavy atom. The smallest absolute Gasteiger partial charge is 0.149 e. The van der Waals surface area contributed by atoms with Crippen molar-refractivity contribution >= 4 is 11.3 Å². The molecule has 0 fully saturated rings. The van der Waals surface area contributed by atoms with Gasteiger partial charge in [0.05, 0.1) is 13.2 Å². The fourth-order valence-electron chi connectivity index (χ4n) is 1.98. The van der Waals surface area contributed by atoms with Crippen molar-refractivity contribution in [3.05, 3.63) is 35.8 Å². The molecule has 0 saturated heterocycles. The van der Waals surface area contributed by atoms with E-state index in [2.05, 4.69) is 29.0 Å². The van der Waals surface area contributed by atoms with E-state index in [0.29, 0.717) is 0 Å². The maximum absolute atomic E-state index is 5.20. The Morgan fingerprint density at radius 2 is 1.81 bits per heavy atom. The number of nitrogens with zero attached hydrogens (tertiary/aromatic N) is 4. The second-order valence-corrected chi connectivity index (χ2v) is 5.77. The van der Waals surface area contributed by atoms with E-state index in [0.717, 1.165) is 27.7 Å². The van der Waals surface area contributed by atoms with Crippen molar-refractivity contribution in [1.82, 2.24) is 20.0 Å². The molecule has 2 heterocycles. The molecular formula is C15H16N4OS. The van der Waals surface area contributed by atoms with E-state index >= 15 is 0 Å². The number of methoxy groups -OCH3 is 1. The molecule has 3 rings (SSSR count). The van der Waals surface area contributed by atoms with Gasteiger partial charge in [-0.15, -0.1) is 16.4 Å². The van der Waals surface area contributed by atoms with Crippen molar-refractivity contribution in [2.24, 2.45) is 0 Å². The highest BCUT2D eigenvalue weighted by atomic mass is 32.1. The molecule has 5 nitrogen and oxygen atoms in total. The van der Waals surface area contributed by atoms with Crippen LogP contribution in [-0.4, -0.2) is 27.1 Å². The van der Waals surface area contributed by atoms with E-state index < -0.39 is 0 Å². The molecule has 0 unspecified atom stereocenters. The van der Waals surface area contributed by atoms with Gasteiger partial charge in [0.25, 0.3) is 0 Å². The Morgan fingerprint density at radius 3 is 2.38 bits per heavy atom. The predicted octanol–water partition coefficient (Wildman–Crippen LogP) is 3.66. The molecule has 6 heteroatoms. The first-order valence-corrected chi connectivity index (χ1v) is 7.58. The van der Waals surface area contributed by atoms with Crippen LogP contribution in [0.4, 0.5) is 0 Å². The number of thiazole rings is 1. The Kier molecular flexibility index (Phi) is 3.70. The van der Waals surface area contributed by atoms with Gasteiger partial charge in [-0.25, -0.2) is 4.98 Å². The summed E-state index contributed by atoms with van der Waals surface area (Å²) in [4.78, 5) is 6.09. The lowest BCUT2D eigenvalue weighted by Crippen LogP contribution is -2.04. The van der Waals surface area contributed by atoms with Crippen LogP contribution in [0.5, 0.6) is 5.75 Å². The number of hydrogen-bond donors (Lipinski definition) is 0. The van der Waals surface area contributed by atoms with E-state index in [-0.39, 0.29) is 6.04 Å². The standard InChI is InChI=1S/C15H16N4OS/c1-10(2)19-17-13(11-4-6-12(20-3)7-5-11)14(18-19)15-16-8-9-21-15/h4-10H,1-3H3. The van der Waals surface area contributed by atoms with Crippen LogP contribution in [0.3, 0.4) is 0 Å². The maximum Gasteiger partial charge on any atom is 0.149 e. The fourth-order valence-corrected chi connectivity index (χ4v) is 2.60. The topological polar surface area (TPSA) is 52.8 Å². The van der Waals surface area contributed by atoms with Gasteiger partial charge >= 0.3 is 0 Å². The third kappa shape index (κ3) is 2.67. The van der Waals surface area contributed by atoms with Gasteiger partial charge < -0.3 is 4.74 Å². The summed E-state index contributed by atoms with van der Waals surface area (Å²) in [6.07, 6.45) is 1.78. The van der Waals surface area contributed by atoms with Gasteiger partial charge in [-0.05, 0) is 38.1 Å². The maximum atomic E-state index is 5.20. The zero-order chi connectivity index (χ0) is 14.8. The molecule has 0 radical (unpaired) electrons. The van der Waals surface area contributed by atoms with Crippen LogP contribution in [0.15, 0.2) is 35.8 Å². The first kappa shape index (κ1) is 13.8. The SMILES string of the molecule is COc1ccc(-c2nn(C(C)C)nc2-c2nccs2)cc1. The molecule has 108 valence electrons. The molecule has 0 saturated carbocycles.